The van der Waals surface area contributed by atoms with Gasteiger partial charge >= 0.3 is 5.97 Å². The molecule has 0 radical (unpaired) electrons. The van der Waals surface area contributed by atoms with E-state index in [1.807, 2.05) is 12.3 Å². The summed E-state index contributed by atoms with van der Waals surface area (Å²) in [7, 11) is 1.73. The fraction of sp³-hybridized carbons (Fsp3) is 0.667. The fourth-order valence-electron chi connectivity index (χ4n) is 3.11. The highest BCUT2D eigenvalue weighted by molar-refractivity contribution is 7.09. The molecule has 1 aromatic rings. The normalized spacial score (nSPS) is 25.0. The molecule has 1 aliphatic rings. The van der Waals surface area contributed by atoms with Gasteiger partial charge in [0.05, 0.1) is 29.1 Å². The summed E-state index contributed by atoms with van der Waals surface area (Å²) in [5, 5.41) is 12.3. The van der Waals surface area contributed by atoms with Crippen molar-refractivity contribution in [3.63, 3.8) is 0 Å². The molecule has 0 spiro atoms. The summed E-state index contributed by atoms with van der Waals surface area (Å²) in [6.45, 7) is 4.43. The van der Waals surface area contributed by atoms with Crippen molar-refractivity contribution in [2.75, 3.05) is 7.05 Å². The molecular weight excluding hydrogens is 288 g/mol. The number of carboxylic acids is 1. The van der Waals surface area contributed by atoms with E-state index in [2.05, 4.69) is 11.9 Å². The van der Waals surface area contributed by atoms with Crippen LogP contribution in [-0.2, 0) is 16.1 Å². The van der Waals surface area contributed by atoms with E-state index in [4.69, 9.17) is 0 Å². The molecule has 1 aliphatic carbocycles. The molecular formula is C15H22N2O3S. The number of carbonyl (C=O) groups is 2. The van der Waals surface area contributed by atoms with Crippen molar-refractivity contribution < 1.29 is 14.7 Å². The third-order valence-corrected chi connectivity index (χ3v) is 5.14. The number of aliphatic carboxylic acids is 1. The molecule has 3 atom stereocenters. The van der Waals surface area contributed by atoms with Crippen LogP contribution in [0.15, 0.2) is 5.38 Å². The maximum atomic E-state index is 12.6. The number of nitrogens with zero attached hydrogens (tertiary/aromatic N) is 2. The predicted octanol–water partition coefficient (Wildman–Crippen LogP) is 2.55. The smallest absolute Gasteiger partial charge is 0.307 e. The largest absolute Gasteiger partial charge is 0.481 e. The van der Waals surface area contributed by atoms with Crippen molar-refractivity contribution in [2.24, 2.45) is 17.8 Å². The van der Waals surface area contributed by atoms with Gasteiger partial charge in [-0.1, -0.05) is 13.3 Å². The minimum atomic E-state index is -0.845. The Morgan fingerprint density at radius 3 is 2.62 bits per heavy atom. The van der Waals surface area contributed by atoms with Crippen LogP contribution in [-0.4, -0.2) is 33.9 Å². The van der Waals surface area contributed by atoms with E-state index in [0.29, 0.717) is 25.3 Å². The lowest BCUT2D eigenvalue weighted by Crippen LogP contribution is -2.36. The van der Waals surface area contributed by atoms with E-state index in [1.54, 1.807) is 23.3 Å². The first kappa shape index (κ1) is 15.9. The van der Waals surface area contributed by atoms with E-state index in [1.165, 1.54) is 0 Å². The summed E-state index contributed by atoms with van der Waals surface area (Å²) in [4.78, 5) is 29.9. The van der Waals surface area contributed by atoms with Crippen LogP contribution in [0.2, 0.25) is 0 Å². The Kier molecular flexibility index (Phi) is 4.98. The van der Waals surface area contributed by atoms with Gasteiger partial charge in [-0.25, -0.2) is 4.98 Å². The van der Waals surface area contributed by atoms with Gasteiger partial charge in [0.1, 0.15) is 0 Å². The molecule has 1 aromatic heterocycles. The van der Waals surface area contributed by atoms with E-state index in [0.717, 1.165) is 17.1 Å². The summed E-state index contributed by atoms with van der Waals surface area (Å²) >= 11 is 1.56. The molecule has 0 aromatic carbocycles. The van der Waals surface area contributed by atoms with E-state index in [-0.39, 0.29) is 5.91 Å². The van der Waals surface area contributed by atoms with Crippen molar-refractivity contribution >= 4 is 23.2 Å². The maximum Gasteiger partial charge on any atom is 0.307 e. The lowest BCUT2D eigenvalue weighted by atomic mass is 9.95. The van der Waals surface area contributed by atoms with Crippen LogP contribution in [0, 0.1) is 24.7 Å². The van der Waals surface area contributed by atoms with Crippen LogP contribution in [0.5, 0.6) is 0 Å². The first-order valence-electron chi connectivity index (χ1n) is 7.31. The Morgan fingerprint density at radius 2 is 2.10 bits per heavy atom. The highest BCUT2D eigenvalue weighted by atomic mass is 32.1. The molecule has 0 aliphatic heterocycles. The topological polar surface area (TPSA) is 70.5 Å². The van der Waals surface area contributed by atoms with Crippen molar-refractivity contribution in [1.82, 2.24) is 9.88 Å². The number of hydrogen-bond donors (Lipinski definition) is 1. The number of aromatic nitrogens is 1. The lowest BCUT2D eigenvalue weighted by Gasteiger charge is -2.22. The molecule has 0 bridgehead atoms. The molecule has 1 amide bonds. The molecule has 1 saturated carbocycles. The number of thiazole rings is 1. The minimum absolute atomic E-state index is 0.0657. The Morgan fingerprint density at radius 1 is 1.43 bits per heavy atom. The summed E-state index contributed by atoms with van der Waals surface area (Å²) in [5.41, 5.74) is 0.866. The van der Waals surface area contributed by atoms with Crippen LogP contribution in [0.25, 0.3) is 0 Å². The van der Waals surface area contributed by atoms with Crippen LogP contribution < -0.4 is 0 Å². The van der Waals surface area contributed by atoms with Gasteiger partial charge in [-0.05, 0) is 25.7 Å². The number of aryl methyl sites for hydroxylation is 1. The standard InChI is InChI=1S/C15H22N2O3S/c1-4-10-5-12(13(6-10)15(19)20)14(18)17(3)7-11-8-21-9(2)16-11/h8,10,12-13H,4-7H2,1-3H3,(H,19,20). The van der Waals surface area contributed by atoms with E-state index >= 15 is 0 Å². The summed E-state index contributed by atoms with van der Waals surface area (Å²) < 4.78 is 0. The molecule has 1 heterocycles. The Bertz CT molecular complexity index is 529. The Hall–Kier alpha value is -1.43. The van der Waals surface area contributed by atoms with Gasteiger partial charge in [-0.3, -0.25) is 9.59 Å². The van der Waals surface area contributed by atoms with Gasteiger partial charge in [0.2, 0.25) is 5.91 Å². The van der Waals surface area contributed by atoms with Crippen LogP contribution in [0.3, 0.4) is 0 Å². The lowest BCUT2D eigenvalue weighted by molar-refractivity contribution is -0.148. The average Bonchev–Trinajstić information content (AvgIpc) is 3.04. The van der Waals surface area contributed by atoms with Crippen molar-refractivity contribution in [3.8, 4) is 0 Å². The SMILES string of the molecule is CCC1CC(C(=O)O)C(C(=O)N(C)Cc2csc(C)n2)C1. The van der Waals surface area contributed by atoms with Crippen molar-refractivity contribution in [1.29, 1.82) is 0 Å². The second-order valence-corrected chi connectivity index (χ2v) is 6.91. The van der Waals surface area contributed by atoms with Gasteiger partial charge < -0.3 is 10.0 Å². The quantitative estimate of drug-likeness (QED) is 0.907. The fourth-order valence-corrected chi connectivity index (χ4v) is 3.71. The van der Waals surface area contributed by atoms with Gasteiger partial charge in [0.15, 0.2) is 0 Å². The molecule has 6 heteroatoms. The molecule has 3 unspecified atom stereocenters. The summed E-state index contributed by atoms with van der Waals surface area (Å²) in [6.07, 6.45) is 2.24. The van der Waals surface area contributed by atoms with Gasteiger partial charge in [-0.15, -0.1) is 11.3 Å². The Labute approximate surface area is 129 Å². The zero-order valence-corrected chi connectivity index (χ0v) is 13.5. The molecule has 116 valence electrons. The first-order valence-corrected chi connectivity index (χ1v) is 8.19. The summed E-state index contributed by atoms with van der Waals surface area (Å²) in [5.74, 6) is -1.50. The Balaban J connectivity index is 2.05. The number of carboxylic acid groups (broad SMARTS) is 1. The highest BCUT2D eigenvalue weighted by Gasteiger charge is 2.43. The molecule has 1 N–H and O–H groups in total. The van der Waals surface area contributed by atoms with Crippen molar-refractivity contribution in [3.05, 3.63) is 16.1 Å². The number of amides is 1. The van der Waals surface area contributed by atoms with Gasteiger partial charge in [0.25, 0.3) is 0 Å². The molecule has 2 rings (SSSR count). The second kappa shape index (κ2) is 6.56. The molecule has 5 nitrogen and oxygen atoms in total. The first-order chi connectivity index (χ1) is 9.92. The van der Waals surface area contributed by atoms with Gasteiger partial charge in [0, 0.05) is 12.4 Å². The average molecular weight is 310 g/mol. The van der Waals surface area contributed by atoms with Crippen molar-refractivity contribution in [2.45, 2.75) is 39.7 Å². The van der Waals surface area contributed by atoms with E-state index < -0.39 is 17.8 Å². The molecule has 1 fully saturated rings. The van der Waals surface area contributed by atoms with E-state index in [9.17, 15) is 14.7 Å². The third kappa shape index (κ3) is 3.61. The number of hydrogen-bond acceptors (Lipinski definition) is 4. The zero-order chi connectivity index (χ0) is 15.6. The molecule has 21 heavy (non-hydrogen) atoms. The van der Waals surface area contributed by atoms with Crippen LogP contribution in [0.1, 0.15) is 36.9 Å². The third-order valence-electron chi connectivity index (χ3n) is 4.31. The van der Waals surface area contributed by atoms with Crippen LogP contribution in [0.4, 0.5) is 0 Å². The number of carbonyl (C=O) groups excluding carboxylic acids is 1. The zero-order valence-electron chi connectivity index (χ0n) is 12.7. The van der Waals surface area contributed by atoms with Gasteiger partial charge in [-0.2, -0.15) is 0 Å². The minimum Gasteiger partial charge on any atom is -0.481 e. The van der Waals surface area contributed by atoms with Crippen LogP contribution >= 0.6 is 11.3 Å². The highest BCUT2D eigenvalue weighted by Crippen LogP contribution is 2.39. The monoisotopic (exact) mass is 310 g/mol. The maximum absolute atomic E-state index is 12.6. The second-order valence-electron chi connectivity index (χ2n) is 5.85. The number of rotatable bonds is 5. The molecule has 0 saturated heterocycles. The summed E-state index contributed by atoms with van der Waals surface area (Å²) in [6, 6.07) is 0. The predicted molar refractivity (Wildman–Crippen MR) is 81.0 cm³/mol.